The van der Waals surface area contributed by atoms with Gasteiger partial charge in [0.25, 0.3) is 0 Å². The van der Waals surface area contributed by atoms with E-state index in [0.29, 0.717) is 6.04 Å². The van der Waals surface area contributed by atoms with Crippen LogP contribution in [0.5, 0.6) is 0 Å². The fraction of sp³-hybridized carbons (Fsp3) is 0.583. The number of dihydropyridines is 1. The summed E-state index contributed by atoms with van der Waals surface area (Å²) in [5.41, 5.74) is 3.58. The molecule has 0 saturated heterocycles. The number of hydrogen-bond donors (Lipinski definition) is 1. The Labute approximate surface area is 102 Å². The molecular formula is C12H18ClN3. The molecule has 2 rings (SSSR count). The third kappa shape index (κ3) is 2.15. The van der Waals surface area contributed by atoms with E-state index in [1.54, 1.807) is 6.21 Å². The van der Waals surface area contributed by atoms with E-state index >= 15 is 0 Å². The monoisotopic (exact) mass is 239 g/mol. The van der Waals surface area contributed by atoms with Crippen molar-refractivity contribution in [2.24, 2.45) is 4.99 Å². The van der Waals surface area contributed by atoms with Crippen LogP contribution in [0.4, 0.5) is 0 Å². The fourth-order valence-electron chi connectivity index (χ4n) is 1.95. The second-order valence-corrected chi connectivity index (χ2v) is 5.02. The number of halogens is 1. The number of rotatable bonds is 2. The van der Waals surface area contributed by atoms with Crippen molar-refractivity contribution < 1.29 is 0 Å². The molecule has 1 N–H and O–H groups in total. The van der Waals surface area contributed by atoms with Crippen LogP contribution in [-0.2, 0) is 0 Å². The van der Waals surface area contributed by atoms with Crippen LogP contribution in [0.2, 0.25) is 0 Å². The van der Waals surface area contributed by atoms with Gasteiger partial charge in [-0.3, -0.25) is 4.99 Å². The lowest BCUT2D eigenvalue weighted by molar-refractivity contribution is 0.327. The van der Waals surface area contributed by atoms with Crippen LogP contribution in [0.1, 0.15) is 13.8 Å². The highest BCUT2D eigenvalue weighted by Gasteiger charge is 2.23. The van der Waals surface area contributed by atoms with Gasteiger partial charge in [0.2, 0.25) is 0 Å². The SMILES string of the molecule is CC(C)N(C)C1=C2N=CC(Cl)C=C2CNC1. The number of nitrogens with one attached hydrogen (secondary N) is 1. The number of hydrogen-bond acceptors (Lipinski definition) is 3. The van der Waals surface area contributed by atoms with Crippen molar-refractivity contribution >= 4 is 17.8 Å². The van der Waals surface area contributed by atoms with E-state index in [-0.39, 0.29) is 5.38 Å². The molecule has 0 saturated carbocycles. The number of fused-ring (bicyclic) bond motifs is 1. The first-order valence-corrected chi connectivity index (χ1v) is 6.09. The molecule has 0 aromatic carbocycles. The van der Waals surface area contributed by atoms with E-state index in [1.165, 1.54) is 11.3 Å². The average molecular weight is 240 g/mol. The van der Waals surface area contributed by atoms with Gasteiger partial charge in [-0.15, -0.1) is 11.6 Å². The van der Waals surface area contributed by atoms with Crippen LogP contribution in [0.15, 0.2) is 28.0 Å². The summed E-state index contributed by atoms with van der Waals surface area (Å²) in [5.74, 6) is 0. The highest BCUT2D eigenvalue weighted by atomic mass is 35.5. The minimum Gasteiger partial charge on any atom is -0.373 e. The fourth-order valence-corrected chi connectivity index (χ4v) is 2.16. The van der Waals surface area contributed by atoms with Gasteiger partial charge in [0.15, 0.2) is 0 Å². The second-order valence-electron chi connectivity index (χ2n) is 4.52. The zero-order valence-corrected chi connectivity index (χ0v) is 10.8. The summed E-state index contributed by atoms with van der Waals surface area (Å²) in [7, 11) is 2.11. The maximum absolute atomic E-state index is 6.04. The number of aliphatic imine (C=N–C) groups is 1. The normalized spacial score (nSPS) is 24.6. The predicted octanol–water partition coefficient (Wildman–Crippen LogP) is 1.76. The van der Waals surface area contributed by atoms with E-state index in [9.17, 15) is 0 Å². The van der Waals surface area contributed by atoms with Crippen molar-refractivity contribution in [2.75, 3.05) is 20.1 Å². The Morgan fingerprint density at radius 1 is 1.50 bits per heavy atom. The Balaban J connectivity index is 2.36. The van der Waals surface area contributed by atoms with E-state index < -0.39 is 0 Å². The molecule has 2 aliphatic rings. The van der Waals surface area contributed by atoms with Crippen LogP contribution >= 0.6 is 11.6 Å². The number of alkyl halides is 1. The highest BCUT2D eigenvalue weighted by molar-refractivity contribution is 6.30. The predicted molar refractivity (Wildman–Crippen MR) is 69.0 cm³/mol. The summed E-state index contributed by atoms with van der Waals surface area (Å²) in [4.78, 5) is 6.76. The summed E-state index contributed by atoms with van der Waals surface area (Å²) in [6, 6.07) is 0.479. The van der Waals surface area contributed by atoms with Gasteiger partial charge in [0.05, 0.1) is 16.8 Å². The van der Waals surface area contributed by atoms with Crippen molar-refractivity contribution in [3.8, 4) is 0 Å². The van der Waals surface area contributed by atoms with E-state index in [4.69, 9.17) is 11.6 Å². The molecule has 0 radical (unpaired) electrons. The van der Waals surface area contributed by atoms with Crippen molar-refractivity contribution in [1.29, 1.82) is 0 Å². The number of nitrogens with zero attached hydrogens (tertiary/aromatic N) is 2. The van der Waals surface area contributed by atoms with Gasteiger partial charge in [-0.1, -0.05) is 6.08 Å². The molecule has 2 heterocycles. The minimum atomic E-state index is -0.0655. The molecule has 2 aliphatic heterocycles. The maximum atomic E-state index is 6.04. The van der Waals surface area contributed by atoms with E-state index in [2.05, 4.69) is 42.2 Å². The molecular weight excluding hydrogens is 222 g/mol. The Morgan fingerprint density at radius 2 is 2.25 bits per heavy atom. The first-order valence-electron chi connectivity index (χ1n) is 5.65. The van der Waals surface area contributed by atoms with Crippen LogP contribution in [0.3, 0.4) is 0 Å². The molecule has 0 spiro atoms. The molecule has 1 unspecified atom stereocenters. The molecule has 1 atom stereocenters. The van der Waals surface area contributed by atoms with Gasteiger partial charge in [0, 0.05) is 32.4 Å². The second kappa shape index (κ2) is 4.60. The third-order valence-electron chi connectivity index (χ3n) is 3.09. The molecule has 0 fully saturated rings. The lowest BCUT2D eigenvalue weighted by atomic mass is 10.0. The molecule has 88 valence electrons. The summed E-state index contributed by atoms with van der Waals surface area (Å²) < 4.78 is 0. The molecule has 0 bridgehead atoms. The van der Waals surface area contributed by atoms with Crippen molar-refractivity contribution in [3.05, 3.63) is 23.0 Å². The topological polar surface area (TPSA) is 27.6 Å². The standard InChI is InChI=1S/C12H18ClN3/c1-8(2)16(3)11-7-14-5-9-4-10(13)6-15-12(9)11/h4,6,8,10,14H,5,7H2,1-3H3. The van der Waals surface area contributed by atoms with Crippen LogP contribution in [-0.4, -0.2) is 42.7 Å². The van der Waals surface area contributed by atoms with Gasteiger partial charge >= 0.3 is 0 Å². The zero-order valence-electron chi connectivity index (χ0n) is 10.00. The van der Waals surface area contributed by atoms with Gasteiger partial charge in [-0.2, -0.15) is 0 Å². The summed E-state index contributed by atoms with van der Waals surface area (Å²) >= 11 is 6.04. The summed E-state index contributed by atoms with van der Waals surface area (Å²) in [6.07, 6.45) is 3.88. The van der Waals surface area contributed by atoms with Crippen LogP contribution in [0, 0.1) is 0 Å². The van der Waals surface area contributed by atoms with Crippen LogP contribution < -0.4 is 5.32 Å². The van der Waals surface area contributed by atoms with Crippen molar-refractivity contribution in [1.82, 2.24) is 10.2 Å². The van der Waals surface area contributed by atoms with Crippen molar-refractivity contribution in [3.63, 3.8) is 0 Å². The Bertz CT molecular complexity index is 368. The molecule has 0 amide bonds. The highest BCUT2D eigenvalue weighted by Crippen LogP contribution is 2.26. The molecule has 0 aromatic heterocycles. The smallest absolute Gasteiger partial charge is 0.0875 e. The lowest BCUT2D eigenvalue weighted by Gasteiger charge is -2.33. The van der Waals surface area contributed by atoms with Gasteiger partial charge in [-0.25, -0.2) is 0 Å². The third-order valence-corrected chi connectivity index (χ3v) is 3.33. The molecule has 16 heavy (non-hydrogen) atoms. The first-order chi connectivity index (χ1) is 7.59. The maximum Gasteiger partial charge on any atom is 0.0875 e. The molecule has 0 aliphatic carbocycles. The quantitative estimate of drug-likeness (QED) is 0.744. The van der Waals surface area contributed by atoms with Crippen LogP contribution in [0.25, 0.3) is 0 Å². The zero-order chi connectivity index (χ0) is 11.7. The first kappa shape index (κ1) is 11.7. The Hall–Kier alpha value is -0.800. The summed E-state index contributed by atoms with van der Waals surface area (Å²) in [5, 5.41) is 3.32. The number of likely N-dealkylation sites (N-methyl/N-ethyl adjacent to an activating group) is 1. The van der Waals surface area contributed by atoms with Gasteiger partial charge in [-0.05, 0) is 19.4 Å². The lowest BCUT2D eigenvalue weighted by Crippen LogP contribution is -2.38. The molecule has 4 heteroatoms. The van der Waals surface area contributed by atoms with Crippen molar-refractivity contribution in [2.45, 2.75) is 25.3 Å². The van der Waals surface area contributed by atoms with E-state index in [1.807, 2.05) is 0 Å². The average Bonchev–Trinajstić information content (AvgIpc) is 2.26. The van der Waals surface area contributed by atoms with Gasteiger partial charge in [0.1, 0.15) is 0 Å². The minimum absolute atomic E-state index is 0.0655. The molecule has 3 nitrogen and oxygen atoms in total. The number of allylic oxidation sites excluding steroid dienone is 1. The largest absolute Gasteiger partial charge is 0.373 e. The Kier molecular flexibility index (Phi) is 3.36. The molecule has 0 aromatic rings. The van der Waals surface area contributed by atoms with Gasteiger partial charge < -0.3 is 10.2 Å². The van der Waals surface area contributed by atoms with E-state index in [0.717, 1.165) is 18.8 Å². The summed E-state index contributed by atoms with van der Waals surface area (Å²) in [6.45, 7) is 6.11. The Morgan fingerprint density at radius 3 is 2.94 bits per heavy atom.